The largest absolute Gasteiger partial charge is 0.497 e. The molecule has 5 aromatic rings. The Kier molecular flexibility index (Phi) is 18.1. The average molecular weight is 1050 g/mol. The SMILES string of the molecule is COc1ccc(C(OC[C@H]2O[C@@H](n3cc(C)c(=O)[nH]c3=O)C[C@@H]2NS(=O)(=O)NC[C@H]2O[C@@H](n3cc(C)c(=O)[nH]c3=O)C[C@@H]2OP(OCCC#N)N(C(C)C)C(C)C)(c2ccccc2)c2ccc(OC)cc2)cc1. The number of methoxy groups -OCH3 is 2. The number of nitrogens with one attached hydrogen (secondary N) is 4. The van der Waals surface area contributed by atoms with Crippen LogP contribution in [0.15, 0.2) is 110 Å². The van der Waals surface area contributed by atoms with Gasteiger partial charge in [0.1, 0.15) is 41.8 Å². The van der Waals surface area contributed by atoms with Gasteiger partial charge < -0.3 is 32.7 Å². The first-order valence-electron chi connectivity index (χ1n) is 23.8. The normalized spacial score (nSPS) is 20.7. The molecule has 0 saturated carbocycles. The zero-order chi connectivity index (χ0) is 52.6. The van der Waals surface area contributed by atoms with Crippen LogP contribution in [0.2, 0.25) is 0 Å². The van der Waals surface area contributed by atoms with E-state index in [-0.39, 0.29) is 62.2 Å². The number of aromatic nitrogens is 4. The van der Waals surface area contributed by atoms with Crippen LogP contribution in [-0.2, 0) is 39.1 Å². The van der Waals surface area contributed by atoms with Gasteiger partial charge in [0.05, 0.1) is 52.1 Å². The molecule has 7 rings (SSSR count). The summed E-state index contributed by atoms with van der Waals surface area (Å²) in [7, 11) is -3.20. The molecule has 0 bridgehead atoms. The van der Waals surface area contributed by atoms with Crippen LogP contribution in [0.1, 0.15) is 87.2 Å². The summed E-state index contributed by atoms with van der Waals surface area (Å²) in [4.78, 5) is 55.9. The van der Waals surface area contributed by atoms with Crippen molar-refractivity contribution in [1.82, 2.24) is 33.2 Å². The predicted molar refractivity (Wildman–Crippen MR) is 271 cm³/mol. The fourth-order valence-corrected chi connectivity index (χ4v) is 11.9. The minimum atomic E-state index is -4.49. The second-order valence-electron chi connectivity index (χ2n) is 18.3. The second kappa shape index (κ2) is 24.0. The third kappa shape index (κ3) is 12.8. The third-order valence-electron chi connectivity index (χ3n) is 12.6. The van der Waals surface area contributed by atoms with Gasteiger partial charge in [0.2, 0.25) is 0 Å². The summed E-state index contributed by atoms with van der Waals surface area (Å²) in [6.45, 7) is 10.5. The van der Waals surface area contributed by atoms with Crippen molar-refractivity contribution in [3.63, 3.8) is 0 Å². The van der Waals surface area contributed by atoms with Crippen molar-refractivity contribution in [2.75, 3.05) is 34.0 Å². The molecule has 2 fully saturated rings. The van der Waals surface area contributed by atoms with Crippen LogP contribution < -0.4 is 41.4 Å². The van der Waals surface area contributed by atoms with Gasteiger partial charge in [0.25, 0.3) is 29.9 Å². The van der Waals surface area contributed by atoms with Gasteiger partial charge in [-0.1, -0.05) is 54.6 Å². The number of hydrogen-bond acceptors (Lipinski definition) is 15. The zero-order valence-corrected chi connectivity index (χ0v) is 43.7. The molecule has 0 spiro atoms. The molecule has 21 nitrogen and oxygen atoms in total. The highest BCUT2D eigenvalue weighted by Gasteiger charge is 2.45. The topological polar surface area (TPSA) is 260 Å². The second-order valence-corrected chi connectivity index (χ2v) is 21.2. The molecule has 0 amide bonds. The molecule has 0 aliphatic carbocycles. The Morgan fingerprint density at radius 2 is 1.29 bits per heavy atom. The Morgan fingerprint density at radius 1 is 0.781 bits per heavy atom. The van der Waals surface area contributed by atoms with Crippen LogP contribution >= 0.6 is 8.53 Å². The van der Waals surface area contributed by atoms with E-state index in [1.54, 1.807) is 28.1 Å². The van der Waals surface area contributed by atoms with E-state index in [1.807, 2.05) is 111 Å². The lowest BCUT2D eigenvalue weighted by molar-refractivity contribution is -0.0804. The summed E-state index contributed by atoms with van der Waals surface area (Å²) in [6.07, 6.45) is -2.14. The van der Waals surface area contributed by atoms with E-state index in [9.17, 15) is 32.9 Å². The molecule has 4 N–H and O–H groups in total. The van der Waals surface area contributed by atoms with E-state index in [2.05, 4.69) is 25.5 Å². The van der Waals surface area contributed by atoms with Crippen LogP contribution in [0, 0.1) is 25.2 Å². The molecule has 7 atom stereocenters. The van der Waals surface area contributed by atoms with Gasteiger partial charge in [-0.15, -0.1) is 0 Å². The first kappa shape index (κ1) is 54.9. The maximum absolute atomic E-state index is 14.5. The van der Waals surface area contributed by atoms with E-state index in [0.29, 0.717) is 22.6 Å². The maximum atomic E-state index is 14.5. The highest BCUT2D eigenvalue weighted by Crippen LogP contribution is 2.50. The molecule has 2 aliphatic rings. The van der Waals surface area contributed by atoms with Crippen LogP contribution in [0.25, 0.3) is 0 Å². The van der Waals surface area contributed by atoms with Crippen molar-refractivity contribution >= 4 is 18.7 Å². The number of rotatable bonds is 23. The van der Waals surface area contributed by atoms with E-state index in [0.717, 1.165) is 5.56 Å². The molecule has 23 heteroatoms. The molecular formula is C50H63N8O13PS. The van der Waals surface area contributed by atoms with Gasteiger partial charge in [-0.25, -0.2) is 14.3 Å². The summed E-state index contributed by atoms with van der Waals surface area (Å²) in [5.41, 5.74) is -1.30. The molecule has 1 unspecified atom stereocenters. The van der Waals surface area contributed by atoms with E-state index in [1.165, 1.54) is 21.5 Å². The molecule has 2 aliphatic heterocycles. The molecular weight excluding hydrogens is 984 g/mol. The summed E-state index contributed by atoms with van der Waals surface area (Å²) in [6, 6.07) is 25.2. The number of aryl methyl sites for hydroxylation is 2. The van der Waals surface area contributed by atoms with Gasteiger partial charge in [-0.2, -0.15) is 23.1 Å². The Bertz CT molecular complexity index is 3000. The van der Waals surface area contributed by atoms with Crippen LogP contribution in [0.4, 0.5) is 0 Å². The minimum Gasteiger partial charge on any atom is -0.497 e. The molecule has 0 radical (unpaired) electrons. The average Bonchev–Trinajstić information content (AvgIpc) is 3.96. The maximum Gasteiger partial charge on any atom is 0.330 e. The van der Waals surface area contributed by atoms with Gasteiger partial charge in [0.15, 0.2) is 0 Å². The Labute approximate surface area is 424 Å². The Hall–Kier alpha value is -5.83. The summed E-state index contributed by atoms with van der Waals surface area (Å²) >= 11 is 0. The number of benzene rings is 3. The number of nitrogens with zero attached hydrogens (tertiary/aromatic N) is 4. The summed E-state index contributed by atoms with van der Waals surface area (Å²) < 4.78 is 82.8. The smallest absolute Gasteiger partial charge is 0.330 e. The lowest BCUT2D eigenvalue weighted by Crippen LogP contribution is -2.50. The number of H-pyrrole nitrogens is 2. The third-order valence-corrected chi connectivity index (χ3v) is 16.0. The van der Waals surface area contributed by atoms with E-state index < -0.39 is 83.6 Å². The lowest BCUT2D eigenvalue weighted by atomic mass is 9.80. The number of aromatic amines is 2. The summed E-state index contributed by atoms with van der Waals surface area (Å²) in [5.74, 6) is 1.22. The van der Waals surface area contributed by atoms with Crippen LogP contribution in [0.3, 0.4) is 0 Å². The fourth-order valence-electron chi connectivity index (χ4n) is 9.07. The van der Waals surface area contributed by atoms with Crippen molar-refractivity contribution in [3.05, 3.63) is 161 Å². The van der Waals surface area contributed by atoms with Crippen molar-refractivity contribution in [2.45, 2.75) is 115 Å². The Morgan fingerprint density at radius 3 is 1.79 bits per heavy atom. The van der Waals surface area contributed by atoms with Crippen molar-refractivity contribution in [2.24, 2.45) is 0 Å². The quantitative estimate of drug-likeness (QED) is 0.0391. The highest BCUT2D eigenvalue weighted by molar-refractivity contribution is 7.87. The van der Waals surface area contributed by atoms with Gasteiger partial charge in [-0.3, -0.25) is 28.7 Å². The van der Waals surface area contributed by atoms with Gasteiger partial charge in [0, 0.05) is 55.0 Å². The van der Waals surface area contributed by atoms with Crippen LogP contribution in [0.5, 0.6) is 11.5 Å². The molecule has 73 heavy (non-hydrogen) atoms. The zero-order valence-electron chi connectivity index (χ0n) is 42.0. The van der Waals surface area contributed by atoms with Gasteiger partial charge >= 0.3 is 11.4 Å². The minimum absolute atomic E-state index is 0.0616. The van der Waals surface area contributed by atoms with E-state index >= 15 is 0 Å². The van der Waals surface area contributed by atoms with Crippen molar-refractivity contribution in [1.29, 1.82) is 5.26 Å². The van der Waals surface area contributed by atoms with Crippen molar-refractivity contribution in [3.8, 4) is 17.6 Å². The number of ether oxygens (including phenoxy) is 5. The number of nitriles is 1. The Balaban J connectivity index is 1.22. The fraction of sp³-hybridized carbons (Fsp3) is 0.460. The molecule has 2 saturated heterocycles. The first-order chi connectivity index (χ1) is 34.9. The predicted octanol–water partition coefficient (Wildman–Crippen LogP) is 4.76. The van der Waals surface area contributed by atoms with E-state index in [4.69, 9.17) is 32.7 Å². The van der Waals surface area contributed by atoms with Crippen molar-refractivity contribution < 1.29 is 41.1 Å². The molecule has 3 aromatic carbocycles. The van der Waals surface area contributed by atoms with Gasteiger partial charge in [-0.05, 0) is 82.5 Å². The first-order valence-corrected chi connectivity index (χ1v) is 26.4. The molecule has 4 heterocycles. The summed E-state index contributed by atoms with van der Waals surface area (Å²) in [5, 5.41) is 9.32. The highest BCUT2D eigenvalue weighted by atomic mass is 32.2. The number of hydrogen-bond donors (Lipinski definition) is 4. The molecule has 392 valence electrons. The standard InChI is InChI=1S/C50H63N8O13PS/c1-31(2)58(32(3)4)72(68-24-12-23-51)71-41-26-45(57-29-34(6)47(60)54-49(57)62)69-42(41)27-52-73(63,64)55-40-25-44(56-28-33(5)46(59)53-48(56)61)70-43(40)30-67-50(35-13-10-9-11-14-35,36-15-19-38(65-7)20-16-36)37-17-21-39(66-8)22-18-37/h9-11,13-22,28-29,31-32,40-45,52,55H,12,24-27,30H2,1-8H3,(H,53,59,61)(H,54,60,62)/t40-,41-,42+,43+,44+,45+,72?/m0/s1. The van der Waals surface area contributed by atoms with Crippen LogP contribution in [-0.4, -0.2) is 103 Å². The monoisotopic (exact) mass is 1050 g/mol. The molecule has 2 aromatic heterocycles. The lowest BCUT2D eigenvalue weighted by Gasteiger charge is -2.37.